The van der Waals surface area contributed by atoms with Gasteiger partial charge < -0.3 is 0 Å². The van der Waals surface area contributed by atoms with Crippen molar-refractivity contribution in [1.29, 1.82) is 0 Å². The second-order valence-corrected chi connectivity index (χ2v) is 9.17. The van der Waals surface area contributed by atoms with Crippen LogP contribution >= 0.6 is 0 Å². The zero-order valence-electron chi connectivity index (χ0n) is 19.8. The van der Waals surface area contributed by atoms with Gasteiger partial charge in [-0.25, -0.2) is 9.67 Å². The van der Waals surface area contributed by atoms with Crippen LogP contribution in [0.4, 0.5) is 0 Å². The highest BCUT2D eigenvalue weighted by Gasteiger charge is 2.21. The molecular weight excluding hydrogens is 424 g/mol. The van der Waals surface area contributed by atoms with E-state index in [0.29, 0.717) is 18.3 Å². The Balaban J connectivity index is 1.37. The molecule has 1 aliphatic rings. The molecule has 4 aromatic rings. The SMILES string of the molecule is CCCCCc1nc(C2CCCCC2)nn1Cc1ccc(-c2ccccc2-c2nn[nH]n2)nc1. The lowest BCUT2D eigenvalue weighted by molar-refractivity contribution is 0.426. The van der Waals surface area contributed by atoms with Crippen molar-refractivity contribution >= 4 is 0 Å². The van der Waals surface area contributed by atoms with Crippen molar-refractivity contribution in [2.45, 2.75) is 77.2 Å². The second-order valence-electron chi connectivity index (χ2n) is 9.17. The van der Waals surface area contributed by atoms with E-state index in [4.69, 9.17) is 15.1 Å². The van der Waals surface area contributed by atoms with Crippen LogP contribution in [0.25, 0.3) is 22.6 Å². The molecule has 1 fully saturated rings. The zero-order chi connectivity index (χ0) is 23.2. The van der Waals surface area contributed by atoms with Crippen LogP contribution in [0.1, 0.15) is 81.4 Å². The van der Waals surface area contributed by atoms with E-state index in [1.807, 2.05) is 30.5 Å². The van der Waals surface area contributed by atoms with Crippen LogP contribution in [0, 0.1) is 0 Å². The van der Waals surface area contributed by atoms with E-state index < -0.39 is 0 Å². The lowest BCUT2D eigenvalue weighted by Gasteiger charge is -2.18. The monoisotopic (exact) mass is 456 g/mol. The van der Waals surface area contributed by atoms with E-state index in [-0.39, 0.29) is 0 Å². The van der Waals surface area contributed by atoms with Gasteiger partial charge in [-0.05, 0) is 36.1 Å². The van der Waals surface area contributed by atoms with Crippen molar-refractivity contribution in [3.8, 4) is 22.6 Å². The third-order valence-electron chi connectivity index (χ3n) is 6.69. The van der Waals surface area contributed by atoms with Gasteiger partial charge in [0.2, 0.25) is 5.82 Å². The summed E-state index contributed by atoms with van der Waals surface area (Å²) in [7, 11) is 0. The molecule has 0 saturated heterocycles. The van der Waals surface area contributed by atoms with E-state index in [2.05, 4.69) is 44.4 Å². The third-order valence-corrected chi connectivity index (χ3v) is 6.69. The number of tetrazole rings is 1. The first kappa shape index (κ1) is 22.4. The summed E-state index contributed by atoms with van der Waals surface area (Å²) >= 11 is 0. The number of aromatic nitrogens is 8. The Morgan fingerprint density at radius 1 is 1.00 bits per heavy atom. The number of aryl methyl sites for hydroxylation is 1. The molecule has 0 aliphatic heterocycles. The topological polar surface area (TPSA) is 98.1 Å². The van der Waals surface area contributed by atoms with Crippen molar-refractivity contribution < 1.29 is 0 Å². The Labute approximate surface area is 200 Å². The summed E-state index contributed by atoms with van der Waals surface area (Å²) in [5.41, 5.74) is 3.89. The number of nitrogens with zero attached hydrogens (tertiary/aromatic N) is 7. The van der Waals surface area contributed by atoms with Crippen molar-refractivity contribution in [3.05, 3.63) is 59.8 Å². The molecule has 0 atom stereocenters. The maximum atomic E-state index is 5.02. The summed E-state index contributed by atoms with van der Waals surface area (Å²) in [6, 6.07) is 12.2. The molecule has 0 bridgehead atoms. The van der Waals surface area contributed by atoms with Gasteiger partial charge in [0.15, 0.2) is 5.82 Å². The van der Waals surface area contributed by atoms with Gasteiger partial charge in [-0.1, -0.05) is 69.4 Å². The second kappa shape index (κ2) is 10.7. The fraction of sp³-hybridized carbons (Fsp3) is 0.462. The summed E-state index contributed by atoms with van der Waals surface area (Å²) in [5, 5.41) is 19.5. The molecule has 8 nitrogen and oxygen atoms in total. The molecule has 0 spiro atoms. The Hall–Kier alpha value is -3.42. The number of unbranched alkanes of at least 4 members (excludes halogenated alkanes) is 2. The molecule has 0 amide bonds. The summed E-state index contributed by atoms with van der Waals surface area (Å²) < 4.78 is 2.11. The van der Waals surface area contributed by atoms with Gasteiger partial charge >= 0.3 is 0 Å². The van der Waals surface area contributed by atoms with Gasteiger partial charge in [0.05, 0.1) is 12.2 Å². The van der Waals surface area contributed by atoms with E-state index in [0.717, 1.165) is 46.9 Å². The molecule has 3 aromatic heterocycles. The molecule has 3 heterocycles. The first-order valence-electron chi connectivity index (χ1n) is 12.5. The normalized spacial score (nSPS) is 14.5. The van der Waals surface area contributed by atoms with Crippen molar-refractivity contribution in [2.75, 3.05) is 0 Å². The number of hydrogen-bond donors (Lipinski definition) is 1. The molecule has 1 saturated carbocycles. The highest BCUT2D eigenvalue weighted by atomic mass is 15.5. The van der Waals surface area contributed by atoms with Crippen molar-refractivity contribution in [3.63, 3.8) is 0 Å². The van der Waals surface area contributed by atoms with E-state index in [1.54, 1.807) is 0 Å². The number of H-pyrrole nitrogens is 1. The molecule has 176 valence electrons. The van der Waals surface area contributed by atoms with Crippen LogP contribution in [-0.2, 0) is 13.0 Å². The Kier molecular flexibility index (Phi) is 7.02. The van der Waals surface area contributed by atoms with Crippen LogP contribution in [0.3, 0.4) is 0 Å². The number of aromatic amines is 1. The number of hydrogen-bond acceptors (Lipinski definition) is 6. The quantitative estimate of drug-likeness (QED) is 0.341. The van der Waals surface area contributed by atoms with Gasteiger partial charge in [-0.3, -0.25) is 4.98 Å². The fourth-order valence-corrected chi connectivity index (χ4v) is 4.80. The Bertz CT molecular complexity index is 1170. The Morgan fingerprint density at radius 2 is 1.85 bits per heavy atom. The molecule has 5 rings (SSSR count). The van der Waals surface area contributed by atoms with Crippen LogP contribution in [0.5, 0.6) is 0 Å². The molecule has 1 aliphatic carbocycles. The van der Waals surface area contributed by atoms with Gasteiger partial charge in [-0.2, -0.15) is 10.3 Å². The smallest absolute Gasteiger partial charge is 0.205 e. The van der Waals surface area contributed by atoms with Crippen LogP contribution < -0.4 is 0 Å². The van der Waals surface area contributed by atoms with Crippen molar-refractivity contribution in [1.82, 2.24) is 40.4 Å². The summed E-state index contributed by atoms with van der Waals surface area (Å²) in [4.78, 5) is 9.79. The third kappa shape index (κ3) is 5.05. The first-order chi connectivity index (χ1) is 16.8. The lowest BCUT2D eigenvalue weighted by Crippen LogP contribution is -2.09. The largest absolute Gasteiger partial charge is 0.256 e. The van der Waals surface area contributed by atoms with Crippen LogP contribution in [0.2, 0.25) is 0 Å². The molecular formula is C26H32N8. The van der Waals surface area contributed by atoms with Gasteiger partial charge in [0.1, 0.15) is 5.82 Å². The molecule has 34 heavy (non-hydrogen) atoms. The average molecular weight is 457 g/mol. The minimum Gasteiger partial charge on any atom is -0.256 e. The fourth-order valence-electron chi connectivity index (χ4n) is 4.80. The molecule has 0 radical (unpaired) electrons. The van der Waals surface area contributed by atoms with Crippen molar-refractivity contribution in [2.24, 2.45) is 0 Å². The number of nitrogens with one attached hydrogen (secondary N) is 1. The average Bonchev–Trinajstić information content (AvgIpc) is 3.56. The van der Waals surface area contributed by atoms with Gasteiger partial charge in [0, 0.05) is 29.7 Å². The summed E-state index contributed by atoms with van der Waals surface area (Å²) in [6.45, 7) is 2.93. The van der Waals surface area contributed by atoms with E-state index >= 15 is 0 Å². The standard InChI is InChI=1S/C26H32N8/c1-2-3-5-14-24-28-25(20-10-6-4-7-11-20)31-34(24)18-19-15-16-23(27-17-19)21-12-8-9-13-22(21)26-29-32-33-30-26/h8-9,12-13,15-17,20H,2-7,10-11,14,18H2,1H3,(H,29,30,32,33). The first-order valence-corrected chi connectivity index (χ1v) is 12.5. The zero-order valence-corrected chi connectivity index (χ0v) is 19.8. The summed E-state index contributed by atoms with van der Waals surface area (Å²) in [6.07, 6.45) is 12.9. The maximum absolute atomic E-state index is 5.02. The molecule has 1 N–H and O–H groups in total. The number of pyridine rings is 1. The van der Waals surface area contributed by atoms with Crippen LogP contribution in [-0.4, -0.2) is 40.4 Å². The lowest BCUT2D eigenvalue weighted by atomic mass is 9.89. The van der Waals surface area contributed by atoms with Gasteiger partial charge in [0.25, 0.3) is 0 Å². The van der Waals surface area contributed by atoms with Crippen LogP contribution in [0.15, 0.2) is 42.6 Å². The molecule has 8 heteroatoms. The molecule has 1 aromatic carbocycles. The highest BCUT2D eigenvalue weighted by Crippen LogP contribution is 2.31. The number of rotatable bonds is 9. The van der Waals surface area contributed by atoms with Gasteiger partial charge in [-0.15, -0.1) is 10.2 Å². The van der Waals surface area contributed by atoms with E-state index in [1.165, 1.54) is 44.9 Å². The molecule has 0 unspecified atom stereocenters. The predicted octanol–water partition coefficient (Wildman–Crippen LogP) is 5.35. The predicted molar refractivity (Wildman–Crippen MR) is 131 cm³/mol. The summed E-state index contributed by atoms with van der Waals surface area (Å²) in [5.74, 6) is 3.24. The van der Waals surface area contributed by atoms with E-state index in [9.17, 15) is 0 Å². The minimum atomic E-state index is 0.516. The minimum absolute atomic E-state index is 0.516. The number of benzene rings is 1. The highest BCUT2D eigenvalue weighted by molar-refractivity contribution is 5.78. The maximum Gasteiger partial charge on any atom is 0.205 e. The Morgan fingerprint density at radius 3 is 2.59 bits per heavy atom.